The highest BCUT2D eigenvalue weighted by Gasteiger charge is 2.03. The summed E-state index contributed by atoms with van der Waals surface area (Å²) in [7, 11) is 1.36. The lowest BCUT2D eigenvalue weighted by atomic mass is 10.5. The normalized spacial score (nSPS) is 10.3. The van der Waals surface area contributed by atoms with Crippen molar-refractivity contribution in [2.75, 3.05) is 12.4 Å². The average molecular weight is 219 g/mol. The number of nitrogens with one attached hydrogen (secondary N) is 1. The minimum atomic E-state index is -0.373. The number of carbonyl (C=O) groups excluding carboxylic acids is 1. The van der Waals surface area contributed by atoms with Crippen LogP contribution in [0.1, 0.15) is 0 Å². The lowest BCUT2D eigenvalue weighted by Crippen LogP contribution is -2.12. The minimum Gasteiger partial charge on any atom is -0.399 e. The predicted octanol–water partition coefficient (Wildman–Crippen LogP) is 1.97. The second-order valence-corrected chi connectivity index (χ2v) is 3.53. The van der Waals surface area contributed by atoms with Crippen molar-refractivity contribution in [2.45, 2.75) is 0 Å². The number of hydrogen-bond donors (Lipinski definition) is 1. The first-order valence-corrected chi connectivity index (χ1v) is 4.60. The van der Waals surface area contributed by atoms with Gasteiger partial charge in [0.15, 0.2) is 0 Å². The zero-order valence-electron chi connectivity index (χ0n) is 6.78. The smallest absolute Gasteiger partial charge is 0.270 e. The molecule has 0 bridgehead atoms. The van der Waals surface area contributed by atoms with Crippen molar-refractivity contribution in [1.29, 1.82) is 0 Å². The fourth-order valence-electron chi connectivity index (χ4n) is 0.647. The number of nitrogens with zero attached hydrogens (tertiary/aromatic N) is 1. The Hall–Kier alpha value is -1.07. The van der Waals surface area contributed by atoms with Crippen LogP contribution in [-0.4, -0.2) is 19.2 Å². The molecule has 1 heterocycles. The van der Waals surface area contributed by atoms with E-state index in [9.17, 15) is 4.79 Å². The summed E-state index contributed by atoms with van der Waals surface area (Å²) in [5.74, 6) is -0.373. The summed E-state index contributed by atoms with van der Waals surface area (Å²) >= 11 is 7.09. The molecule has 0 saturated heterocycles. The molecule has 1 rings (SSSR count). The minimum absolute atomic E-state index is 0.373. The van der Waals surface area contributed by atoms with Gasteiger partial charge in [-0.3, -0.25) is 4.79 Å². The van der Waals surface area contributed by atoms with Gasteiger partial charge in [-0.2, -0.15) is 0 Å². The Morgan fingerprint density at radius 2 is 2.62 bits per heavy atom. The van der Waals surface area contributed by atoms with E-state index in [1.807, 2.05) is 0 Å². The molecule has 0 aliphatic heterocycles. The Kier molecular flexibility index (Phi) is 3.72. The van der Waals surface area contributed by atoms with Crippen molar-refractivity contribution >= 4 is 40.7 Å². The largest absolute Gasteiger partial charge is 0.399 e. The van der Waals surface area contributed by atoms with Gasteiger partial charge in [0.25, 0.3) is 5.91 Å². The van der Waals surface area contributed by atoms with Gasteiger partial charge in [-0.25, -0.2) is 0 Å². The van der Waals surface area contributed by atoms with Crippen LogP contribution in [0.2, 0.25) is 4.34 Å². The first-order chi connectivity index (χ1) is 6.24. The Morgan fingerprint density at radius 1 is 1.85 bits per heavy atom. The summed E-state index contributed by atoms with van der Waals surface area (Å²) in [6.45, 7) is 0. The monoisotopic (exact) mass is 218 g/mol. The highest BCUT2D eigenvalue weighted by molar-refractivity contribution is 7.15. The Labute approximate surface area is 84.1 Å². The first kappa shape index (κ1) is 10.0. The van der Waals surface area contributed by atoms with Crippen molar-refractivity contribution in [3.05, 3.63) is 15.8 Å². The molecule has 0 aliphatic rings. The summed E-state index contributed by atoms with van der Waals surface area (Å²) < 4.78 is 0.541. The van der Waals surface area contributed by atoms with E-state index in [-0.39, 0.29) is 5.91 Å². The van der Waals surface area contributed by atoms with Crippen LogP contribution in [-0.2, 0) is 9.63 Å². The van der Waals surface area contributed by atoms with E-state index < -0.39 is 0 Å². The molecule has 70 valence electrons. The Balaban J connectivity index is 2.55. The van der Waals surface area contributed by atoms with E-state index in [2.05, 4.69) is 15.3 Å². The van der Waals surface area contributed by atoms with Crippen LogP contribution in [0.15, 0.2) is 16.6 Å². The van der Waals surface area contributed by atoms with Crippen LogP contribution >= 0.6 is 22.9 Å². The van der Waals surface area contributed by atoms with Gasteiger partial charge < -0.3 is 10.2 Å². The molecule has 0 aliphatic carbocycles. The summed E-state index contributed by atoms with van der Waals surface area (Å²) in [5.41, 5.74) is 0.583. The van der Waals surface area contributed by atoms with E-state index in [0.29, 0.717) is 10.0 Å². The second-order valence-electron chi connectivity index (χ2n) is 2.01. The second kappa shape index (κ2) is 4.84. The van der Waals surface area contributed by atoms with E-state index in [1.165, 1.54) is 18.4 Å². The van der Waals surface area contributed by atoms with E-state index in [4.69, 9.17) is 11.6 Å². The molecule has 1 aromatic rings. The van der Waals surface area contributed by atoms with Crippen LogP contribution < -0.4 is 5.32 Å². The summed E-state index contributed by atoms with van der Waals surface area (Å²) in [5, 5.41) is 7.62. The zero-order chi connectivity index (χ0) is 9.68. The van der Waals surface area contributed by atoms with Crippen molar-refractivity contribution in [3.63, 3.8) is 0 Å². The molecule has 0 atom stereocenters. The average Bonchev–Trinajstić information content (AvgIpc) is 2.48. The van der Waals surface area contributed by atoms with Gasteiger partial charge in [-0.05, 0) is 11.4 Å². The van der Waals surface area contributed by atoms with Crippen LogP contribution in [0.4, 0.5) is 5.69 Å². The van der Waals surface area contributed by atoms with Gasteiger partial charge >= 0.3 is 0 Å². The maximum atomic E-state index is 11.0. The molecule has 0 saturated carbocycles. The summed E-state index contributed by atoms with van der Waals surface area (Å²) in [6.07, 6.45) is 1.04. The molecule has 1 aromatic heterocycles. The maximum Gasteiger partial charge on any atom is 0.270 e. The molecule has 1 N–H and O–H groups in total. The molecule has 13 heavy (non-hydrogen) atoms. The van der Waals surface area contributed by atoms with Crippen LogP contribution in [0.25, 0.3) is 0 Å². The molecule has 0 unspecified atom stereocenters. The fourth-order valence-corrected chi connectivity index (χ4v) is 1.48. The topological polar surface area (TPSA) is 50.7 Å². The summed E-state index contributed by atoms with van der Waals surface area (Å²) in [4.78, 5) is 15.4. The lowest BCUT2D eigenvalue weighted by molar-refractivity contribution is -0.110. The molecular formula is C7H7ClN2O2S. The van der Waals surface area contributed by atoms with Gasteiger partial charge in [-0.15, -0.1) is 11.3 Å². The molecule has 6 heteroatoms. The van der Waals surface area contributed by atoms with Crippen LogP contribution in [0, 0.1) is 0 Å². The van der Waals surface area contributed by atoms with Crippen molar-refractivity contribution in [3.8, 4) is 0 Å². The number of rotatable bonds is 3. The molecule has 0 spiro atoms. The number of amides is 1. The highest BCUT2D eigenvalue weighted by Crippen LogP contribution is 2.27. The third kappa shape index (κ3) is 3.04. The van der Waals surface area contributed by atoms with Gasteiger partial charge in [0.1, 0.15) is 17.7 Å². The lowest BCUT2D eigenvalue weighted by Gasteiger charge is -1.97. The molecule has 4 nitrogen and oxygen atoms in total. The predicted molar refractivity (Wildman–Crippen MR) is 53.5 cm³/mol. The standard InChI is InChI=1S/C7H7ClN2O2S/c1-12-9-4-6(11)10-5-2-3-13-7(5)8/h2-4H,1H3,(H,10,11)/b9-4+. The van der Waals surface area contributed by atoms with Crippen LogP contribution in [0.3, 0.4) is 0 Å². The SMILES string of the molecule is CO/N=C/C(=O)Nc1ccsc1Cl. The number of oxime groups is 1. The van der Waals surface area contributed by atoms with Crippen LogP contribution in [0.5, 0.6) is 0 Å². The Morgan fingerprint density at radius 3 is 3.15 bits per heavy atom. The molecule has 0 radical (unpaired) electrons. The van der Waals surface area contributed by atoms with E-state index in [0.717, 1.165) is 6.21 Å². The molecule has 1 amide bonds. The van der Waals surface area contributed by atoms with Gasteiger partial charge in [0.05, 0.1) is 5.69 Å². The van der Waals surface area contributed by atoms with E-state index >= 15 is 0 Å². The quantitative estimate of drug-likeness (QED) is 0.623. The molecule has 0 fully saturated rings. The van der Waals surface area contributed by atoms with E-state index in [1.54, 1.807) is 11.4 Å². The third-order valence-corrected chi connectivity index (χ3v) is 2.32. The number of carbonyl (C=O) groups is 1. The fraction of sp³-hybridized carbons (Fsp3) is 0.143. The third-order valence-electron chi connectivity index (χ3n) is 1.15. The van der Waals surface area contributed by atoms with Gasteiger partial charge in [-0.1, -0.05) is 16.8 Å². The Bertz CT molecular complexity index is 324. The zero-order valence-corrected chi connectivity index (χ0v) is 8.35. The van der Waals surface area contributed by atoms with Crippen molar-refractivity contribution in [1.82, 2.24) is 0 Å². The van der Waals surface area contributed by atoms with Gasteiger partial charge in [0, 0.05) is 0 Å². The summed E-state index contributed by atoms with van der Waals surface area (Å²) in [6, 6.07) is 1.71. The first-order valence-electron chi connectivity index (χ1n) is 3.34. The number of thiophene rings is 1. The number of hydrogen-bond acceptors (Lipinski definition) is 4. The highest BCUT2D eigenvalue weighted by atomic mass is 35.5. The number of halogens is 1. The number of anilines is 1. The molecular weight excluding hydrogens is 212 g/mol. The maximum absolute atomic E-state index is 11.0. The molecule has 0 aromatic carbocycles. The van der Waals surface area contributed by atoms with Crippen molar-refractivity contribution in [2.24, 2.45) is 5.16 Å². The van der Waals surface area contributed by atoms with Crippen molar-refractivity contribution < 1.29 is 9.63 Å². The van der Waals surface area contributed by atoms with Gasteiger partial charge in [0.2, 0.25) is 0 Å².